The largest absolute Gasteiger partial charge is 0.466 e. The topological polar surface area (TPSA) is 152 Å². The van der Waals surface area contributed by atoms with E-state index in [2.05, 4.69) is 30.1 Å². The average Bonchev–Trinajstić information content (AvgIpc) is 3.65. The van der Waals surface area contributed by atoms with Crippen molar-refractivity contribution in [3.05, 3.63) is 63.2 Å². The zero-order valence-corrected chi connectivity index (χ0v) is 24.9. The Morgan fingerprint density at radius 1 is 1.19 bits per heavy atom. The summed E-state index contributed by atoms with van der Waals surface area (Å²) < 4.78 is 5.30. The summed E-state index contributed by atoms with van der Waals surface area (Å²) in [4.78, 5) is 50.0. The van der Waals surface area contributed by atoms with Crippen molar-refractivity contribution in [1.29, 1.82) is 0 Å². The first-order valence-electron chi connectivity index (χ1n) is 14.5. The summed E-state index contributed by atoms with van der Waals surface area (Å²) in [5.74, 6) is 0.866. The summed E-state index contributed by atoms with van der Waals surface area (Å²) in [5.41, 5.74) is 2.63. The quantitative estimate of drug-likeness (QED) is 0.198. The molecule has 43 heavy (non-hydrogen) atoms. The van der Waals surface area contributed by atoms with Crippen LogP contribution in [0.2, 0.25) is 5.02 Å². The number of H-pyrrole nitrogens is 2. The summed E-state index contributed by atoms with van der Waals surface area (Å²) in [5, 5.41) is 14.4. The van der Waals surface area contributed by atoms with E-state index in [4.69, 9.17) is 26.3 Å². The molecular weight excluding hydrogens is 572 g/mol. The third-order valence-electron chi connectivity index (χ3n) is 8.17. The van der Waals surface area contributed by atoms with Gasteiger partial charge in [0.2, 0.25) is 5.95 Å². The van der Waals surface area contributed by atoms with E-state index in [1.165, 1.54) is 0 Å². The van der Waals surface area contributed by atoms with E-state index in [1.54, 1.807) is 36.5 Å². The Kier molecular flexibility index (Phi) is 8.08. The highest BCUT2D eigenvalue weighted by Crippen LogP contribution is 2.47. The van der Waals surface area contributed by atoms with Crippen molar-refractivity contribution in [1.82, 2.24) is 29.8 Å². The molecule has 1 atom stereocenters. The second kappa shape index (κ2) is 11.9. The van der Waals surface area contributed by atoms with Crippen molar-refractivity contribution in [2.75, 3.05) is 56.1 Å². The Labute approximate surface area is 253 Å². The van der Waals surface area contributed by atoms with E-state index in [1.807, 2.05) is 13.8 Å². The average molecular weight is 607 g/mol. The van der Waals surface area contributed by atoms with Crippen molar-refractivity contribution in [3.63, 3.8) is 0 Å². The Morgan fingerprint density at radius 2 is 1.98 bits per heavy atom. The van der Waals surface area contributed by atoms with Crippen LogP contribution < -0.4 is 15.8 Å². The second-order valence-corrected chi connectivity index (χ2v) is 11.6. The predicted molar refractivity (Wildman–Crippen MR) is 164 cm³/mol. The predicted octanol–water partition coefficient (Wildman–Crippen LogP) is 3.28. The van der Waals surface area contributed by atoms with Gasteiger partial charge in [-0.1, -0.05) is 23.7 Å². The van der Waals surface area contributed by atoms with Crippen molar-refractivity contribution >= 4 is 40.4 Å². The van der Waals surface area contributed by atoms with Crippen LogP contribution in [0, 0.1) is 12.3 Å². The molecule has 226 valence electrons. The number of fused-ring (bicyclic) bond motifs is 1. The van der Waals surface area contributed by atoms with Crippen LogP contribution in [-0.4, -0.2) is 86.8 Å². The fraction of sp³-hybridized carbons (Fsp3) is 0.433. The number of imidazole rings is 1. The van der Waals surface area contributed by atoms with Gasteiger partial charge < -0.3 is 30.0 Å². The lowest BCUT2D eigenvalue weighted by Gasteiger charge is -2.36. The molecule has 1 unspecified atom stereocenters. The Hall–Kier alpha value is -4.00. The van der Waals surface area contributed by atoms with E-state index in [0.717, 1.165) is 45.6 Å². The molecule has 0 bridgehead atoms. The number of nitrogens with one attached hydrogen (secondary N) is 3. The number of hydrogen-bond acceptors (Lipinski definition) is 10. The molecule has 13 heteroatoms. The lowest BCUT2D eigenvalue weighted by Crippen LogP contribution is -2.49. The maximum Gasteiger partial charge on any atom is 0.313 e. The van der Waals surface area contributed by atoms with Gasteiger partial charge in [-0.15, -0.1) is 0 Å². The molecule has 0 radical (unpaired) electrons. The first-order valence-corrected chi connectivity index (χ1v) is 14.9. The highest BCUT2D eigenvalue weighted by Gasteiger charge is 2.52. The van der Waals surface area contributed by atoms with Crippen LogP contribution in [0.1, 0.15) is 37.1 Å². The van der Waals surface area contributed by atoms with E-state index < -0.39 is 6.10 Å². The van der Waals surface area contributed by atoms with Crippen molar-refractivity contribution in [2.45, 2.75) is 32.8 Å². The molecule has 1 saturated carbocycles. The Morgan fingerprint density at radius 3 is 2.70 bits per heavy atom. The van der Waals surface area contributed by atoms with Crippen LogP contribution in [0.3, 0.4) is 0 Å². The number of aliphatic hydroxyl groups is 1. The van der Waals surface area contributed by atoms with Crippen LogP contribution in [-0.2, 0) is 9.53 Å². The number of hydrogen-bond donors (Lipinski definition) is 4. The number of nitrogens with zero attached hydrogens (tertiary/aromatic N) is 5. The van der Waals surface area contributed by atoms with Crippen LogP contribution >= 0.6 is 11.6 Å². The van der Waals surface area contributed by atoms with Gasteiger partial charge in [-0.2, -0.15) is 4.98 Å². The maximum atomic E-state index is 13.0. The van der Waals surface area contributed by atoms with Gasteiger partial charge in [0.05, 0.1) is 29.5 Å². The summed E-state index contributed by atoms with van der Waals surface area (Å²) in [6.45, 7) is 8.06. The molecule has 1 aliphatic heterocycles. The van der Waals surface area contributed by atoms with Crippen molar-refractivity contribution in [3.8, 4) is 11.4 Å². The van der Waals surface area contributed by atoms with Gasteiger partial charge in [-0.3, -0.25) is 14.5 Å². The number of carbonyl (C=O) groups excluding carboxylic acids is 1. The van der Waals surface area contributed by atoms with Crippen molar-refractivity contribution < 1.29 is 14.6 Å². The Bertz CT molecular complexity index is 1690. The summed E-state index contributed by atoms with van der Waals surface area (Å²) in [6.07, 6.45) is 2.48. The number of piperazine rings is 1. The molecule has 6 rings (SSSR count). The number of ether oxygens (including phenoxy) is 1. The minimum absolute atomic E-state index is 0.0789. The molecule has 12 nitrogen and oxygen atoms in total. The van der Waals surface area contributed by atoms with E-state index in [9.17, 15) is 14.7 Å². The highest BCUT2D eigenvalue weighted by molar-refractivity contribution is 6.30. The molecule has 3 aromatic heterocycles. The highest BCUT2D eigenvalue weighted by atomic mass is 35.5. The van der Waals surface area contributed by atoms with Crippen LogP contribution in [0.25, 0.3) is 22.6 Å². The van der Waals surface area contributed by atoms with Crippen molar-refractivity contribution in [2.24, 2.45) is 5.41 Å². The number of aromatic nitrogens is 5. The number of aromatic amines is 2. The van der Waals surface area contributed by atoms with Crippen LogP contribution in [0.4, 0.5) is 11.6 Å². The number of aryl methyl sites for hydroxylation is 1. The number of anilines is 2. The molecule has 4 aromatic rings. The molecule has 4 N–H and O–H groups in total. The van der Waals surface area contributed by atoms with Gasteiger partial charge in [-0.05, 0) is 50.5 Å². The molecule has 0 spiro atoms. The fourth-order valence-corrected chi connectivity index (χ4v) is 5.78. The minimum Gasteiger partial charge on any atom is -0.466 e. The zero-order valence-electron chi connectivity index (χ0n) is 24.2. The molecule has 1 aliphatic carbocycles. The summed E-state index contributed by atoms with van der Waals surface area (Å²) >= 11 is 6.07. The first kappa shape index (κ1) is 29.1. The molecule has 0 amide bonds. The van der Waals surface area contributed by atoms with Crippen LogP contribution in [0.15, 0.2) is 41.3 Å². The molecule has 1 aromatic carbocycles. The third-order valence-corrected chi connectivity index (χ3v) is 8.40. The van der Waals surface area contributed by atoms with Gasteiger partial charge in [0.1, 0.15) is 16.9 Å². The monoisotopic (exact) mass is 606 g/mol. The number of pyridine rings is 1. The SMILES string of the molecule is CCOC(=O)C1(CN2CCN(c3nc(C)c4nc(-c5c(NCC(O)c6cccc(Cl)c6)cc[nH]c5=O)[nH]c4n3)CC2)CC1. The van der Waals surface area contributed by atoms with Gasteiger partial charge in [0, 0.05) is 50.5 Å². The van der Waals surface area contributed by atoms with Gasteiger partial charge in [0.15, 0.2) is 5.65 Å². The smallest absolute Gasteiger partial charge is 0.313 e. The summed E-state index contributed by atoms with van der Waals surface area (Å²) in [6, 6.07) is 8.75. The number of benzene rings is 1. The molecule has 2 aliphatic rings. The van der Waals surface area contributed by atoms with E-state index in [0.29, 0.717) is 57.1 Å². The molecule has 2 fully saturated rings. The standard InChI is InChI=1S/C30H35ClN8O4/c1-3-43-28(42)30(8-9-30)17-38-11-13-39(14-12-38)29-34-18(2)24-26(37-29)36-25(35-24)23-21(7-10-32-27(23)41)33-16-22(40)19-5-4-6-20(31)15-19/h4-7,10,15,22,40H,3,8-9,11-14,16-17H2,1-2H3,(H2,32,33,41)(H,34,35,36,37). The second-order valence-electron chi connectivity index (χ2n) is 11.2. The maximum absolute atomic E-state index is 13.0. The number of rotatable bonds is 10. The van der Waals surface area contributed by atoms with Gasteiger partial charge in [-0.25, -0.2) is 9.97 Å². The molecular formula is C30H35ClN8O4. The molecule has 1 saturated heterocycles. The lowest BCUT2D eigenvalue weighted by atomic mass is 10.1. The lowest BCUT2D eigenvalue weighted by molar-refractivity contribution is -0.150. The summed E-state index contributed by atoms with van der Waals surface area (Å²) in [7, 11) is 0. The number of carbonyl (C=O) groups is 1. The third kappa shape index (κ3) is 6.08. The number of aliphatic hydroxyl groups excluding tert-OH is 1. The first-order chi connectivity index (χ1) is 20.8. The zero-order chi connectivity index (χ0) is 30.1. The fourth-order valence-electron chi connectivity index (χ4n) is 5.58. The number of esters is 1. The van der Waals surface area contributed by atoms with E-state index >= 15 is 0 Å². The number of halogens is 1. The van der Waals surface area contributed by atoms with Gasteiger partial charge >= 0.3 is 5.97 Å². The molecule has 4 heterocycles. The Balaban J connectivity index is 1.17. The van der Waals surface area contributed by atoms with Gasteiger partial charge in [0.25, 0.3) is 5.56 Å². The normalized spacial score (nSPS) is 17.2. The van der Waals surface area contributed by atoms with E-state index in [-0.39, 0.29) is 23.5 Å². The minimum atomic E-state index is -0.836. The van der Waals surface area contributed by atoms with Crippen LogP contribution in [0.5, 0.6) is 0 Å².